The molecule has 22 heavy (non-hydrogen) atoms. The summed E-state index contributed by atoms with van der Waals surface area (Å²) < 4.78 is 0. The van der Waals surface area contributed by atoms with E-state index in [1.54, 1.807) is 12.3 Å². The summed E-state index contributed by atoms with van der Waals surface area (Å²) in [6.07, 6.45) is 1.76. The number of Topliss-reactive ketones (excluding diaryl/α,β-unsaturated/α-hetero) is 1. The Labute approximate surface area is 128 Å². The fraction of sp³-hybridized carbons (Fsp3) is 0.111. The molecule has 4 nitrogen and oxygen atoms in total. The van der Waals surface area contributed by atoms with Crippen molar-refractivity contribution in [2.45, 2.75) is 13.8 Å². The third kappa shape index (κ3) is 2.76. The summed E-state index contributed by atoms with van der Waals surface area (Å²) in [6.45, 7) is 3.39. The van der Waals surface area contributed by atoms with E-state index >= 15 is 0 Å². The summed E-state index contributed by atoms with van der Waals surface area (Å²) in [5.41, 5.74) is 3.54. The molecule has 0 N–H and O–H groups in total. The SMILES string of the molecule is CC(=O)c1cccc(C(C)=Nc2cccc3cccnc23)n1. The van der Waals surface area contributed by atoms with E-state index in [0.717, 1.165) is 22.3 Å². The lowest BCUT2D eigenvalue weighted by Crippen LogP contribution is -2.04. The van der Waals surface area contributed by atoms with Crippen molar-refractivity contribution < 1.29 is 4.79 Å². The van der Waals surface area contributed by atoms with Crippen molar-refractivity contribution >= 4 is 28.1 Å². The Hall–Kier alpha value is -2.88. The number of benzene rings is 1. The van der Waals surface area contributed by atoms with E-state index in [1.165, 1.54) is 6.92 Å². The van der Waals surface area contributed by atoms with E-state index in [0.29, 0.717) is 11.4 Å². The molecule has 0 saturated heterocycles. The molecule has 0 aliphatic heterocycles. The molecule has 0 fully saturated rings. The van der Waals surface area contributed by atoms with Crippen LogP contribution in [0.4, 0.5) is 5.69 Å². The van der Waals surface area contributed by atoms with Gasteiger partial charge < -0.3 is 0 Å². The van der Waals surface area contributed by atoms with Gasteiger partial charge in [-0.2, -0.15) is 0 Å². The monoisotopic (exact) mass is 289 g/mol. The lowest BCUT2D eigenvalue weighted by Gasteiger charge is -2.04. The quantitative estimate of drug-likeness (QED) is 0.541. The lowest BCUT2D eigenvalue weighted by molar-refractivity contribution is 0.101. The maximum Gasteiger partial charge on any atom is 0.178 e. The highest BCUT2D eigenvalue weighted by molar-refractivity contribution is 6.02. The Bertz CT molecular complexity index is 879. The van der Waals surface area contributed by atoms with E-state index in [9.17, 15) is 4.79 Å². The smallest absolute Gasteiger partial charge is 0.178 e. The summed E-state index contributed by atoms with van der Waals surface area (Å²) in [6, 6.07) is 15.2. The molecule has 2 aromatic heterocycles. The van der Waals surface area contributed by atoms with Crippen LogP contribution in [-0.2, 0) is 0 Å². The molecule has 0 bridgehead atoms. The first-order valence-electron chi connectivity index (χ1n) is 7.02. The van der Waals surface area contributed by atoms with Gasteiger partial charge in [-0.05, 0) is 31.2 Å². The Morgan fingerprint density at radius 2 is 1.68 bits per heavy atom. The second kappa shape index (κ2) is 5.85. The van der Waals surface area contributed by atoms with Crippen LogP contribution in [0.25, 0.3) is 10.9 Å². The highest BCUT2D eigenvalue weighted by Gasteiger charge is 2.06. The molecule has 0 unspecified atom stereocenters. The van der Waals surface area contributed by atoms with Crippen molar-refractivity contribution in [3.8, 4) is 0 Å². The van der Waals surface area contributed by atoms with Gasteiger partial charge in [-0.1, -0.05) is 24.3 Å². The average Bonchev–Trinajstić information content (AvgIpc) is 2.55. The second-order valence-corrected chi connectivity index (χ2v) is 5.01. The van der Waals surface area contributed by atoms with E-state index in [4.69, 9.17) is 0 Å². The van der Waals surface area contributed by atoms with E-state index < -0.39 is 0 Å². The van der Waals surface area contributed by atoms with Gasteiger partial charge in [0.25, 0.3) is 0 Å². The number of hydrogen-bond acceptors (Lipinski definition) is 4. The molecular formula is C18H15N3O. The van der Waals surface area contributed by atoms with Gasteiger partial charge in [-0.25, -0.2) is 9.98 Å². The number of rotatable bonds is 3. The first kappa shape index (κ1) is 14.1. The molecule has 108 valence electrons. The second-order valence-electron chi connectivity index (χ2n) is 5.01. The fourth-order valence-electron chi connectivity index (χ4n) is 2.25. The van der Waals surface area contributed by atoms with E-state index in [1.807, 2.05) is 49.4 Å². The largest absolute Gasteiger partial charge is 0.293 e. The lowest BCUT2D eigenvalue weighted by atomic mass is 10.2. The van der Waals surface area contributed by atoms with Gasteiger partial charge in [-0.15, -0.1) is 0 Å². The molecular weight excluding hydrogens is 274 g/mol. The number of para-hydroxylation sites is 1. The Morgan fingerprint density at radius 1 is 0.955 bits per heavy atom. The van der Waals surface area contributed by atoms with Gasteiger partial charge in [0.2, 0.25) is 0 Å². The summed E-state index contributed by atoms with van der Waals surface area (Å²) >= 11 is 0. The topological polar surface area (TPSA) is 55.2 Å². The van der Waals surface area contributed by atoms with Gasteiger partial charge in [0.1, 0.15) is 5.69 Å². The summed E-state index contributed by atoms with van der Waals surface area (Å²) in [4.78, 5) is 24.8. The van der Waals surface area contributed by atoms with Crippen LogP contribution in [0.1, 0.15) is 30.0 Å². The number of ketones is 1. The Balaban J connectivity index is 2.07. The molecule has 0 aliphatic carbocycles. The van der Waals surface area contributed by atoms with Crippen LogP contribution in [0.5, 0.6) is 0 Å². The zero-order valence-corrected chi connectivity index (χ0v) is 12.4. The van der Waals surface area contributed by atoms with Gasteiger partial charge in [0.05, 0.1) is 22.6 Å². The van der Waals surface area contributed by atoms with Crippen molar-refractivity contribution in [3.05, 3.63) is 66.1 Å². The molecule has 0 saturated carbocycles. The maximum absolute atomic E-state index is 11.4. The number of pyridine rings is 2. The predicted molar refractivity (Wildman–Crippen MR) is 87.9 cm³/mol. The average molecular weight is 289 g/mol. The van der Waals surface area contributed by atoms with Gasteiger partial charge in [-0.3, -0.25) is 9.78 Å². The van der Waals surface area contributed by atoms with Crippen LogP contribution in [0.2, 0.25) is 0 Å². The first-order valence-corrected chi connectivity index (χ1v) is 7.02. The third-order valence-corrected chi connectivity index (χ3v) is 3.38. The van der Waals surface area contributed by atoms with Crippen LogP contribution in [0, 0.1) is 0 Å². The molecule has 0 atom stereocenters. The summed E-state index contributed by atoms with van der Waals surface area (Å²) in [5.74, 6) is -0.0542. The molecule has 3 aromatic rings. The Kier molecular flexibility index (Phi) is 3.74. The van der Waals surface area contributed by atoms with Crippen molar-refractivity contribution in [2.75, 3.05) is 0 Å². The molecule has 0 aliphatic rings. The predicted octanol–water partition coefficient (Wildman–Crippen LogP) is 3.97. The zero-order valence-electron chi connectivity index (χ0n) is 12.4. The van der Waals surface area contributed by atoms with Crippen molar-refractivity contribution in [3.63, 3.8) is 0 Å². The van der Waals surface area contributed by atoms with Crippen LogP contribution in [-0.4, -0.2) is 21.5 Å². The number of nitrogens with zero attached hydrogens (tertiary/aromatic N) is 3. The van der Waals surface area contributed by atoms with Crippen LogP contribution in [0.3, 0.4) is 0 Å². The zero-order chi connectivity index (χ0) is 15.5. The van der Waals surface area contributed by atoms with Crippen LogP contribution >= 0.6 is 0 Å². The molecule has 4 heteroatoms. The van der Waals surface area contributed by atoms with Crippen molar-refractivity contribution in [1.82, 2.24) is 9.97 Å². The molecule has 0 radical (unpaired) electrons. The summed E-state index contributed by atoms with van der Waals surface area (Å²) in [7, 11) is 0. The van der Waals surface area contributed by atoms with Crippen molar-refractivity contribution in [1.29, 1.82) is 0 Å². The molecule has 1 aromatic carbocycles. The molecule has 2 heterocycles. The highest BCUT2D eigenvalue weighted by Crippen LogP contribution is 2.24. The molecule has 0 amide bonds. The number of aliphatic imine (C=N–C) groups is 1. The first-order chi connectivity index (χ1) is 10.6. The van der Waals surface area contributed by atoms with E-state index in [2.05, 4.69) is 15.0 Å². The number of fused-ring (bicyclic) bond motifs is 1. The van der Waals surface area contributed by atoms with E-state index in [-0.39, 0.29) is 5.78 Å². The van der Waals surface area contributed by atoms with Gasteiger partial charge >= 0.3 is 0 Å². The summed E-state index contributed by atoms with van der Waals surface area (Å²) in [5, 5.41) is 1.04. The van der Waals surface area contributed by atoms with Crippen LogP contribution in [0.15, 0.2) is 59.7 Å². The minimum atomic E-state index is -0.0542. The van der Waals surface area contributed by atoms with Gasteiger partial charge in [0.15, 0.2) is 5.78 Å². The minimum absolute atomic E-state index is 0.0542. The minimum Gasteiger partial charge on any atom is -0.293 e. The van der Waals surface area contributed by atoms with Crippen molar-refractivity contribution in [2.24, 2.45) is 4.99 Å². The number of carbonyl (C=O) groups is 1. The maximum atomic E-state index is 11.4. The third-order valence-electron chi connectivity index (χ3n) is 3.38. The standard InChI is InChI=1S/C18H15N3O/c1-12(15-8-4-9-16(21-15)13(2)22)20-17-10-3-6-14-7-5-11-19-18(14)17/h3-11H,1-2H3. The molecule has 0 spiro atoms. The molecule has 3 rings (SSSR count). The number of aromatic nitrogens is 2. The fourth-order valence-corrected chi connectivity index (χ4v) is 2.25. The van der Waals surface area contributed by atoms with Crippen LogP contribution < -0.4 is 0 Å². The highest BCUT2D eigenvalue weighted by atomic mass is 16.1. The Morgan fingerprint density at radius 3 is 2.50 bits per heavy atom. The van der Waals surface area contributed by atoms with Gasteiger partial charge in [0, 0.05) is 18.5 Å². The number of carbonyl (C=O) groups excluding carboxylic acids is 1. The normalized spacial score (nSPS) is 11.6. The number of hydrogen-bond donors (Lipinski definition) is 0.